The molecule has 0 aliphatic heterocycles. The Bertz CT molecular complexity index is 337. The maximum atomic E-state index is 4.47. The lowest BCUT2D eigenvalue weighted by molar-refractivity contribution is 0.467. The van der Waals surface area contributed by atoms with Crippen LogP contribution in [0.4, 0.5) is 0 Å². The minimum Gasteiger partial charge on any atom is -0.316 e. The van der Waals surface area contributed by atoms with Crippen molar-refractivity contribution in [3.8, 4) is 0 Å². The summed E-state index contributed by atoms with van der Waals surface area (Å²) >= 11 is 0. The predicted molar refractivity (Wildman–Crippen MR) is 71.1 cm³/mol. The highest BCUT2D eigenvalue weighted by atomic mass is 15.3. The molecule has 0 radical (unpaired) electrons. The molecular weight excluding hydrogens is 210 g/mol. The lowest BCUT2D eigenvalue weighted by atomic mass is 10.1. The molecule has 0 unspecified atom stereocenters. The molecule has 3 nitrogen and oxygen atoms in total. The second kappa shape index (κ2) is 6.20. The summed E-state index contributed by atoms with van der Waals surface area (Å²) in [5.74, 6) is 0.948. The molecule has 1 aromatic rings. The smallest absolute Gasteiger partial charge is 0.0596 e. The van der Waals surface area contributed by atoms with Crippen LogP contribution in [0.5, 0.6) is 0 Å². The third-order valence-electron chi connectivity index (χ3n) is 3.73. The van der Waals surface area contributed by atoms with Gasteiger partial charge in [0.15, 0.2) is 0 Å². The average molecular weight is 235 g/mol. The summed E-state index contributed by atoms with van der Waals surface area (Å²) in [6, 6.07) is 2.14. The number of nitrogens with one attached hydrogen (secondary N) is 1. The van der Waals surface area contributed by atoms with Crippen molar-refractivity contribution in [2.45, 2.75) is 52.5 Å². The lowest BCUT2D eigenvalue weighted by Crippen LogP contribution is -2.23. The normalized spacial score (nSPS) is 16.8. The van der Waals surface area contributed by atoms with E-state index in [0.717, 1.165) is 24.7 Å². The maximum Gasteiger partial charge on any atom is 0.0596 e. The quantitative estimate of drug-likeness (QED) is 0.768. The standard InChI is InChI=1S/C14H25N3/c1-12-10-13(2)17(16-12)9-5-8-15-11-14-6-3-4-7-14/h10,14-15H,3-9,11H2,1-2H3. The van der Waals surface area contributed by atoms with Gasteiger partial charge in [-0.15, -0.1) is 0 Å². The first-order chi connectivity index (χ1) is 8.25. The molecule has 1 aromatic heterocycles. The zero-order valence-electron chi connectivity index (χ0n) is 11.2. The number of aryl methyl sites for hydroxylation is 3. The van der Waals surface area contributed by atoms with Gasteiger partial charge in [-0.25, -0.2) is 0 Å². The van der Waals surface area contributed by atoms with E-state index in [9.17, 15) is 0 Å². The Balaban J connectivity index is 1.58. The van der Waals surface area contributed by atoms with E-state index in [1.807, 2.05) is 0 Å². The van der Waals surface area contributed by atoms with Gasteiger partial charge in [-0.1, -0.05) is 12.8 Å². The van der Waals surface area contributed by atoms with Gasteiger partial charge in [0.2, 0.25) is 0 Å². The molecule has 0 aromatic carbocycles. The van der Waals surface area contributed by atoms with E-state index < -0.39 is 0 Å². The molecule has 17 heavy (non-hydrogen) atoms. The highest BCUT2D eigenvalue weighted by molar-refractivity contribution is 5.06. The first kappa shape index (κ1) is 12.6. The second-order valence-corrected chi connectivity index (χ2v) is 5.36. The van der Waals surface area contributed by atoms with Crippen molar-refractivity contribution < 1.29 is 0 Å². The number of rotatable bonds is 6. The van der Waals surface area contributed by atoms with E-state index in [2.05, 4.69) is 35.0 Å². The molecule has 1 aliphatic carbocycles. The van der Waals surface area contributed by atoms with E-state index >= 15 is 0 Å². The molecule has 1 saturated carbocycles. The van der Waals surface area contributed by atoms with E-state index in [-0.39, 0.29) is 0 Å². The fraction of sp³-hybridized carbons (Fsp3) is 0.786. The Hall–Kier alpha value is -0.830. The van der Waals surface area contributed by atoms with Gasteiger partial charge in [0.05, 0.1) is 5.69 Å². The topological polar surface area (TPSA) is 29.9 Å². The van der Waals surface area contributed by atoms with Crippen LogP contribution in [0.1, 0.15) is 43.5 Å². The van der Waals surface area contributed by atoms with Gasteiger partial charge < -0.3 is 5.32 Å². The molecule has 0 bridgehead atoms. The van der Waals surface area contributed by atoms with Gasteiger partial charge >= 0.3 is 0 Å². The van der Waals surface area contributed by atoms with Gasteiger partial charge in [0, 0.05) is 12.2 Å². The molecule has 0 saturated heterocycles. The summed E-state index contributed by atoms with van der Waals surface area (Å²) in [5.41, 5.74) is 2.40. The van der Waals surface area contributed by atoms with Gasteiger partial charge in [-0.2, -0.15) is 5.10 Å². The summed E-state index contributed by atoms with van der Waals surface area (Å²) in [7, 11) is 0. The lowest BCUT2D eigenvalue weighted by Gasteiger charge is -2.10. The van der Waals surface area contributed by atoms with Gasteiger partial charge in [-0.3, -0.25) is 4.68 Å². The second-order valence-electron chi connectivity index (χ2n) is 5.36. The van der Waals surface area contributed by atoms with E-state index in [4.69, 9.17) is 0 Å². The van der Waals surface area contributed by atoms with Crippen LogP contribution in [0.15, 0.2) is 6.07 Å². The van der Waals surface area contributed by atoms with Gasteiger partial charge in [0.25, 0.3) is 0 Å². The fourth-order valence-corrected chi connectivity index (χ4v) is 2.78. The summed E-state index contributed by atoms with van der Waals surface area (Å²) in [5, 5.41) is 8.06. The summed E-state index contributed by atoms with van der Waals surface area (Å²) in [6.07, 6.45) is 6.93. The molecule has 1 fully saturated rings. The van der Waals surface area contributed by atoms with Crippen LogP contribution in [-0.2, 0) is 6.54 Å². The molecule has 1 aliphatic rings. The minimum atomic E-state index is 0.948. The Kier molecular flexibility index (Phi) is 4.60. The van der Waals surface area contributed by atoms with Crippen LogP contribution in [-0.4, -0.2) is 22.9 Å². The molecule has 0 amide bonds. The monoisotopic (exact) mass is 235 g/mol. The van der Waals surface area contributed by atoms with Crippen molar-refractivity contribution in [1.29, 1.82) is 0 Å². The van der Waals surface area contributed by atoms with Crippen molar-refractivity contribution in [2.24, 2.45) is 5.92 Å². The fourth-order valence-electron chi connectivity index (χ4n) is 2.78. The van der Waals surface area contributed by atoms with Crippen LogP contribution < -0.4 is 5.32 Å². The van der Waals surface area contributed by atoms with Crippen molar-refractivity contribution in [3.05, 3.63) is 17.5 Å². The molecular formula is C14H25N3. The third-order valence-corrected chi connectivity index (χ3v) is 3.73. The van der Waals surface area contributed by atoms with Crippen LogP contribution >= 0.6 is 0 Å². The van der Waals surface area contributed by atoms with Gasteiger partial charge in [0.1, 0.15) is 0 Å². The zero-order chi connectivity index (χ0) is 12.1. The first-order valence-corrected chi connectivity index (χ1v) is 6.97. The van der Waals surface area contributed by atoms with Crippen molar-refractivity contribution >= 4 is 0 Å². The molecule has 2 rings (SSSR count). The number of hydrogen-bond acceptors (Lipinski definition) is 2. The number of aromatic nitrogens is 2. The maximum absolute atomic E-state index is 4.47. The highest BCUT2D eigenvalue weighted by Gasteiger charge is 2.13. The van der Waals surface area contributed by atoms with Crippen LogP contribution in [0.25, 0.3) is 0 Å². The summed E-state index contributed by atoms with van der Waals surface area (Å²) < 4.78 is 2.12. The first-order valence-electron chi connectivity index (χ1n) is 6.97. The molecule has 96 valence electrons. The van der Waals surface area contributed by atoms with E-state index in [1.165, 1.54) is 44.3 Å². The zero-order valence-corrected chi connectivity index (χ0v) is 11.2. The SMILES string of the molecule is Cc1cc(C)n(CCCNCC2CCCC2)n1. The molecule has 3 heteroatoms. The Morgan fingerprint density at radius 1 is 1.35 bits per heavy atom. The molecule has 0 atom stereocenters. The largest absolute Gasteiger partial charge is 0.316 e. The minimum absolute atomic E-state index is 0.948. The summed E-state index contributed by atoms with van der Waals surface area (Å²) in [4.78, 5) is 0. The van der Waals surface area contributed by atoms with Crippen molar-refractivity contribution in [3.63, 3.8) is 0 Å². The molecule has 1 N–H and O–H groups in total. The van der Waals surface area contributed by atoms with E-state index in [0.29, 0.717) is 0 Å². The average Bonchev–Trinajstić information content (AvgIpc) is 2.89. The summed E-state index contributed by atoms with van der Waals surface area (Å²) in [6.45, 7) is 7.57. The molecule has 0 spiro atoms. The Morgan fingerprint density at radius 3 is 2.76 bits per heavy atom. The van der Waals surface area contributed by atoms with Crippen molar-refractivity contribution in [2.75, 3.05) is 13.1 Å². The van der Waals surface area contributed by atoms with Crippen LogP contribution in [0.3, 0.4) is 0 Å². The highest BCUT2D eigenvalue weighted by Crippen LogP contribution is 2.23. The van der Waals surface area contributed by atoms with Crippen LogP contribution in [0.2, 0.25) is 0 Å². The predicted octanol–water partition coefficient (Wildman–Crippen LogP) is 2.67. The van der Waals surface area contributed by atoms with Crippen LogP contribution in [0, 0.1) is 19.8 Å². The molecule has 1 heterocycles. The number of nitrogens with zero attached hydrogens (tertiary/aromatic N) is 2. The van der Waals surface area contributed by atoms with Crippen molar-refractivity contribution in [1.82, 2.24) is 15.1 Å². The number of hydrogen-bond donors (Lipinski definition) is 1. The third kappa shape index (κ3) is 3.84. The Labute approximate surface area is 105 Å². The Morgan fingerprint density at radius 2 is 2.12 bits per heavy atom. The van der Waals surface area contributed by atoms with E-state index in [1.54, 1.807) is 0 Å². The van der Waals surface area contributed by atoms with Gasteiger partial charge in [-0.05, 0) is 58.2 Å².